The van der Waals surface area contributed by atoms with Crippen LogP contribution < -0.4 is 0 Å². The lowest BCUT2D eigenvalue weighted by molar-refractivity contribution is 0.113. The fraction of sp³-hybridized carbons (Fsp3) is 0.529. The molecule has 0 saturated carbocycles. The molecule has 0 aliphatic carbocycles. The van der Waals surface area contributed by atoms with Crippen molar-refractivity contribution in [3.05, 3.63) is 23.3 Å². The Morgan fingerprint density at radius 3 is 2.44 bits per heavy atom. The fourth-order valence-corrected chi connectivity index (χ4v) is 1.52. The minimum Gasteiger partial charge on any atom is -0.378 e. The van der Waals surface area contributed by atoms with Gasteiger partial charge in [-0.2, -0.15) is 0 Å². The van der Waals surface area contributed by atoms with E-state index in [2.05, 4.69) is 50.7 Å². The number of hydrogen-bond donors (Lipinski definition) is 1. The quantitative estimate of drug-likeness (QED) is 0.556. The fourth-order valence-electron chi connectivity index (χ4n) is 1.52. The molecule has 0 heterocycles. The van der Waals surface area contributed by atoms with Gasteiger partial charge in [0.1, 0.15) is 5.60 Å². The smallest absolute Gasteiger partial charge is 0.124 e. The third-order valence-electron chi connectivity index (χ3n) is 2.62. The summed E-state index contributed by atoms with van der Waals surface area (Å²) in [5.74, 6) is 7.36. The summed E-state index contributed by atoms with van der Waals surface area (Å²) in [6, 6.07) is 0. The van der Waals surface area contributed by atoms with Crippen LogP contribution in [0.25, 0.3) is 0 Å². The Kier molecular flexibility index (Phi) is 7.93. The van der Waals surface area contributed by atoms with E-state index in [9.17, 15) is 5.11 Å². The molecule has 0 amide bonds. The van der Waals surface area contributed by atoms with Crippen LogP contribution in [0.3, 0.4) is 0 Å². The van der Waals surface area contributed by atoms with Crippen LogP contribution in [-0.2, 0) is 0 Å². The van der Waals surface area contributed by atoms with E-state index in [-0.39, 0.29) is 0 Å². The van der Waals surface area contributed by atoms with Gasteiger partial charge in [-0.05, 0) is 65.2 Å². The van der Waals surface area contributed by atoms with E-state index in [0.717, 1.165) is 19.3 Å². The van der Waals surface area contributed by atoms with Crippen molar-refractivity contribution in [1.29, 1.82) is 0 Å². The van der Waals surface area contributed by atoms with E-state index in [1.54, 1.807) is 6.92 Å². The van der Waals surface area contributed by atoms with Crippen molar-refractivity contribution in [1.82, 2.24) is 0 Å². The lowest BCUT2D eigenvalue weighted by Gasteiger charge is -2.14. The van der Waals surface area contributed by atoms with Gasteiger partial charge in [0.15, 0.2) is 0 Å². The third-order valence-corrected chi connectivity index (χ3v) is 2.62. The highest BCUT2D eigenvalue weighted by Gasteiger charge is 2.14. The molecule has 0 rings (SSSR count). The summed E-state index contributed by atoms with van der Waals surface area (Å²) in [5.41, 5.74) is 1.73. The first-order valence-corrected chi connectivity index (χ1v) is 6.36. The Balaban J connectivity index is 4.09. The van der Waals surface area contributed by atoms with Gasteiger partial charge in [0.2, 0.25) is 0 Å². The minimum absolute atomic E-state index is 0.613. The predicted octanol–water partition coefficient (Wildman–Crippen LogP) is 3.85. The van der Waals surface area contributed by atoms with Crippen LogP contribution in [0, 0.1) is 24.2 Å². The molecule has 0 fully saturated rings. The molecule has 18 heavy (non-hydrogen) atoms. The van der Waals surface area contributed by atoms with Crippen LogP contribution in [0.4, 0.5) is 0 Å². The zero-order valence-corrected chi connectivity index (χ0v) is 12.0. The molecule has 1 N–H and O–H groups in total. The lowest BCUT2D eigenvalue weighted by atomic mass is 9.99. The molecule has 0 aromatic heterocycles. The Labute approximate surface area is 112 Å². The zero-order chi connectivity index (χ0) is 14.0. The Morgan fingerprint density at radius 2 is 1.89 bits per heavy atom. The molecule has 0 aromatic carbocycles. The molecular formula is C17H24O. The van der Waals surface area contributed by atoms with Gasteiger partial charge in [-0.15, -0.1) is 6.42 Å². The molecular weight excluding hydrogens is 220 g/mol. The molecule has 1 heteroatoms. The summed E-state index contributed by atoms with van der Waals surface area (Å²) in [4.78, 5) is 0. The van der Waals surface area contributed by atoms with Crippen LogP contribution in [0.15, 0.2) is 23.3 Å². The van der Waals surface area contributed by atoms with Gasteiger partial charge < -0.3 is 5.11 Å². The summed E-state index contributed by atoms with van der Waals surface area (Å²) in [5, 5.41) is 9.90. The van der Waals surface area contributed by atoms with Crippen molar-refractivity contribution in [3.8, 4) is 24.2 Å². The Morgan fingerprint density at radius 1 is 1.22 bits per heavy atom. The number of aliphatic hydroxyl groups is 1. The average Bonchev–Trinajstić information content (AvgIpc) is 2.25. The molecule has 0 spiro atoms. The molecule has 0 aromatic rings. The van der Waals surface area contributed by atoms with Crippen molar-refractivity contribution in [3.63, 3.8) is 0 Å². The van der Waals surface area contributed by atoms with Gasteiger partial charge in [0.05, 0.1) is 0 Å². The third kappa shape index (κ3) is 9.76. The van der Waals surface area contributed by atoms with E-state index >= 15 is 0 Å². The van der Waals surface area contributed by atoms with Gasteiger partial charge in [-0.1, -0.05) is 29.2 Å². The second-order valence-corrected chi connectivity index (χ2v) is 5.08. The molecule has 1 nitrogen and oxygen atoms in total. The second kappa shape index (κ2) is 8.62. The average molecular weight is 244 g/mol. The van der Waals surface area contributed by atoms with Crippen LogP contribution in [-0.4, -0.2) is 10.7 Å². The van der Waals surface area contributed by atoms with Crippen LogP contribution in [0.2, 0.25) is 0 Å². The monoisotopic (exact) mass is 244 g/mol. The molecule has 0 bridgehead atoms. The van der Waals surface area contributed by atoms with Crippen LogP contribution in [0.5, 0.6) is 0 Å². The maximum Gasteiger partial charge on any atom is 0.124 e. The van der Waals surface area contributed by atoms with E-state index < -0.39 is 5.60 Å². The first-order valence-electron chi connectivity index (χ1n) is 6.36. The Bertz CT molecular complexity index is 401. The molecule has 1 atom stereocenters. The van der Waals surface area contributed by atoms with Gasteiger partial charge in [-0.3, -0.25) is 0 Å². The number of terminal acetylenes is 1. The topological polar surface area (TPSA) is 20.2 Å². The summed E-state index contributed by atoms with van der Waals surface area (Å²) >= 11 is 0. The first kappa shape index (κ1) is 16.6. The molecule has 0 aliphatic rings. The highest BCUT2D eigenvalue weighted by atomic mass is 16.3. The second-order valence-electron chi connectivity index (χ2n) is 5.08. The van der Waals surface area contributed by atoms with Gasteiger partial charge >= 0.3 is 0 Å². The SMILES string of the molecule is C#CC#CC(C)(O)CCC=C(C)CCC=C(C)C. The van der Waals surface area contributed by atoms with E-state index in [1.165, 1.54) is 11.1 Å². The van der Waals surface area contributed by atoms with Crippen molar-refractivity contribution in [2.75, 3.05) is 0 Å². The highest BCUT2D eigenvalue weighted by molar-refractivity contribution is 5.26. The summed E-state index contributed by atoms with van der Waals surface area (Å²) in [6.07, 6.45) is 13.0. The maximum absolute atomic E-state index is 9.90. The van der Waals surface area contributed by atoms with Crippen LogP contribution >= 0.6 is 0 Å². The van der Waals surface area contributed by atoms with Gasteiger partial charge in [0, 0.05) is 0 Å². The van der Waals surface area contributed by atoms with Gasteiger partial charge in [0.25, 0.3) is 0 Å². The Hall–Kier alpha value is -1.44. The summed E-state index contributed by atoms with van der Waals surface area (Å²) in [7, 11) is 0. The summed E-state index contributed by atoms with van der Waals surface area (Å²) < 4.78 is 0. The number of rotatable bonds is 6. The minimum atomic E-state index is -0.983. The molecule has 1 unspecified atom stereocenters. The first-order chi connectivity index (χ1) is 8.37. The van der Waals surface area contributed by atoms with Crippen LogP contribution in [0.1, 0.15) is 53.4 Å². The van der Waals surface area contributed by atoms with E-state index in [1.807, 2.05) is 0 Å². The largest absolute Gasteiger partial charge is 0.378 e. The normalized spacial score (nSPS) is 13.9. The molecule has 0 radical (unpaired) electrons. The summed E-state index contributed by atoms with van der Waals surface area (Å²) in [6.45, 7) is 8.05. The van der Waals surface area contributed by atoms with Crippen molar-refractivity contribution >= 4 is 0 Å². The molecule has 98 valence electrons. The number of allylic oxidation sites excluding steroid dienone is 4. The van der Waals surface area contributed by atoms with E-state index in [0.29, 0.717) is 6.42 Å². The number of hydrogen-bond acceptors (Lipinski definition) is 1. The van der Waals surface area contributed by atoms with Crippen molar-refractivity contribution in [2.24, 2.45) is 0 Å². The lowest BCUT2D eigenvalue weighted by Crippen LogP contribution is -2.20. The zero-order valence-electron chi connectivity index (χ0n) is 12.0. The van der Waals surface area contributed by atoms with Crippen molar-refractivity contribution in [2.45, 2.75) is 59.0 Å². The van der Waals surface area contributed by atoms with Crippen molar-refractivity contribution < 1.29 is 5.11 Å². The van der Waals surface area contributed by atoms with E-state index in [4.69, 9.17) is 6.42 Å². The highest BCUT2D eigenvalue weighted by Crippen LogP contribution is 2.14. The standard InChI is InChI=1S/C17H24O/c1-6-7-13-17(5,18)14-9-12-16(4)11-8-10-15(2)3/h1,10,12,18H,8-9,11,14H2,2-5H3. The molecule has 0 aliphatic heterocycles. The predicted molar refractivity (Wildman–Crippen MR) is 78.9 cm³/mol. The molecule has 0 saturated heterocycles. The van der Waals surface area contributed by atoms with Gasteiger partial charge in [-0.25, -0.2) is 0 Å². The maximum atomic E-state index is 9.90.